The summed E-state index contributed by atoms with van der Waals surface area (Å²) in [5, 5.41) is 10.5. The monoisotopic (exact) mass is 539 g/mol. The van der Waals surface area contributed by atoms with E-state index in [-0.39, 0.29) is 30.2 Å². The molecule has 1 amide bonds. The molecule has 1 atom stereocenters. The van der Waals surface area contributed by atoms with Gasteiger partial charge in [0, 0.05) is 5.69 Å². The number of fused-ring (bicyclic) bond motifs is 1. The van der Waals surface area contributed by atoms with Gasteiger partial charge in [-0.3, -0.25) is 9.62 Å². The van der Waals surface area contributed by atoms with E-state index >= 15 is 0 Å². The van der Waals surface area contributed by atoms with Crippen LogP contribution in [0.4, 0.5) is 29.3 Å². The number of alkyl halides is 3. The number of hydrogen-bond donors (Lipinski definition) is 1. The lowest BCUT2D eigenvalue weighted by Gasteiger charge is -2.35. The van der Waals surface area contributed by atoms with Crippen molar-refractivity contribution in [2.75, 3.05) is 16.2 Å². The highest BCUT2D eigenvalue weighted by Gasteiger charge is 2.37. The van der Waals surface area contributed by atoms with Crippen LogP contribution in [0, 0.1) is 0 Å². The topological polar surface area (TPSA) is 116 Å². The number of ether oxygens (including phenoxy) is 2. The molecule has 1 aliphatic heterocycles. The Morgan fingerprint density at radius 2 is 1.84 bits per heavy atom. The van der Waals surface area contributed by atoms with Crippen LogP contribution in [0.1, 0.15) is 26.3 Å². The van der Waals surface area contributed by atoms with Gasteiger partial charge in [0.25, 0.3) is 10.0 Å². The zero-order valence-corrected chi connectivity index (χ0v) is 20.9. The number of sulfonamides is 1. The third-order valence-electron chi connectivity index (χ3n) is 5.12. The summed E-state index contributed by atoms with van der Waals surface area (Å²) in [4.78, 5) is 13.0. The first-order valence-electron chi connectivity index (χ1n) is 11.1. The molecule has 0 saturated carbocycles. The Morgan fingerprint density at radius 3 is 2.49 bits per heavy atom. The molecule has 14 heteroatoms. The summed E-state index contributed by atoms with van der Waals surface area (Å²) < 4.78 is 79.4. The number of anilines is 2. The second-order valence-corrected chi connectivity index (χ2v) is 11.1. The Morgan fingerprint density at radius 1 is 1.14 bits per heavy atom. The van der Waals surface area contributed by atoms with Crippen LogP contribution in [-0.2, 0) is 27.5 Å². The van der Waals surface area contributed by atoms with Crippen molar-refractivity contribution in [1.82, 2.24) is 15.0 Å². The minimum absolute atomic E-state index is 0.0376. The number of benzene rings is 2. The quantitative estimate of drug-likeness (QED) is 0.514. The number of aromatic nitrogens is 3. The third kappa shape index (κ3) is 6.13. The molecule has 1 aromatic heterocycles. The minimum atomic E-state index is -4.73. The summed E-state index contributed by atoms with van der Waals surface area (Å²) in [7, 11) is -4.48. The Labute approximate surface area is 211 Å². The Hall–Kier alpha value is -3.81. The predicted molar refractivity (Wildman–Crippen MR) is 127 cm³/mol. The second-order valence-electron chi connectivity index (χ2n) is 9.19. The van der Waals surface area contributed by atoms with Gasteiger partial charge in [-0.2, -0.15) is 28.2 Å². The molecule has 2 heterocycles. The van der Waals surface area contributed by atoms with Gasteiger partial charge in [-0.1, -0.05) is 6.07 Å². The number of rotatable bonds is 5. The van der Waals surface area contributed by atoms with Gasteiger partial charge in [-0.15, -0.1) is 0 Å². The molecule has 1 aliphatic rings. The van der Waals surface area contributed by atoms with Crippen LogP contribution in [0.15, 0.2) is 59.8 Å². The molecule has 0 radical (unpaired) electrons. The van der Waals surface area contributed by atoms with E-state index in [9.17, 15) is 26.4 Å². The van der Waals surface area contributed by atoms with Crippen molar-refractivity contribution < 1.29 is 35.9 Å². The van der Waals surface area contributed by atoms with Gasteiger partial charge in [0.1, 0.15) is 17.5 Å². The fraction of sp³-hybridized carbons (Fsp3) is 0.348. The highest BCUT2D eigenvalue weighted by atomic mass is 32.2. The van der Waals surface area contributed by atoms with Gasteiger partial charge in [-0.25, -0.2) is 13.2 Å². The number of halogens is 3. The lowest BCUT2D eigenvalue weighted by molar-refractivity contribution is -0.137. The number of amides is 1. The molecule has 0 spiro atoms. The number of nitrogens with one attached hydrogen (secondary N) is 1. The molecular formula is C23H24F3N5O5S. The Kier molecular flexibility index (Phi) is 6.79. The first-order valence-corrected chi connectivity index (χ1v) is 12.5. The van der Waals surface area contributed by atoms with Crippen LogP contribution in [0.2, 0.25) is 0 Å². The van der Waals surface area contributed by atoms with Crippen LogP contribution in [-0.4, -0.2) is 47.8 Å². The fourth-order valence-corrected chi connectivity index (χ4v) is 5.16. The van der Waals surface area contributed by atoms with E-state index in [0.29, 0.717) is 6.07 Å². The molecule has 0 unspecified atom stereocenters. The maximum atomic E-state index is 13.7. The first-order chi connectivity index (χ1) is 17.2. The molecule has 3 aromatic rings. The molecule has 0 bridgehead atoms. The molecule has 37 heavy (non-hydrogen) atoms. The summed E-state index contributed by atoms with van der Waals surface area (Å²) in [6, 6.07) is 7.80. The Balaban J connectivity index is 1.73. The molecule has 0 aliphatic carbocycles. The summed E-state index contributed by atoms with van der Waals surface area (Å²) >= 11 is 0. The van der Waals surface area contributed by atoms with Gasteiger partial charge in [0.05, 0.1) is 41.6 Å². The van der Waals surface area contributed by atoms with Crippen molar-refractivity contribution in [3.8, 4) is 5.75 Å². The molecule has 0 saturated heterocycles. The van der Waals surface area contributed by atoms with Crippen molar-refractivity contribution in [2.24, 2.45) is 0 Å². The highest BCUT2D eigenvalue weighted by molar-refractivity contribution is 7.92. The average Bonchev–Trinajstić information content (AvgIpc) is 3.30. The zero-order chi connectivity index (χ0) is 27.0. The molecule has 10 nitrogen and oxygen atoms in total. The molecular weight excluding hydrogens is 515 g/mol. The summed E-state index contributed by atoms with van der Waals surface area (Å²) in [5.41, 5.74) is -1.63. The fourth-order valence-electron chi connectivity index (χ4n) is 3.61. The number of carbonyl (C=O) groups is 1. The smallest absolute Gasteiger partial charge is 0.416 e. The largest absolute Gasteiger partial charge is 0.484 e. The summed E-state index contributed by atoms with van der Waals surface area (Å²) in [6.45, 7) is 4.89. The molecule has 1 N–H and O–H groups in total. The van der Waals surface area contributed by atoms with E-state index in [4.69, 9.17) is 9.47 Å². The molecule has 2 aromatic carbocycles. The first kappa shape index (κ1) is 26.3. The van der Waals surface area contributed by atoms with Gasteiger partial charge < -0.3 is 9.47 Å². The summed E-state index contributed by atoms with van der Waals surface area (Å²) in [5.74, 6) is 0.147. The van der Waals surface area contributed by atoms with E-state index in [0.717, 1.165) is 22.5 Å². The van der Waals surface area contributed by atoms with Gasteiger partial charge >= 0.3 is 12.3 Å². The van der Waals surface area contributed by atoms with E-state index in [1.54, 1.807) is 20.8 Å². The van der Waals surface area contributed by atoms with Crippen molar-refractivity contribution in [3.63, 3.8) is 0 Å². The third-order valence-corrected chi connectivity index (χ3v) is 6.89. The van der Waals surface area contributed by atoms with E-state index in [1.807, 2.05) is 0 Å². The maximum Gasteiger partial charge on any atom is 0.416 e. The average molecular weight is 540 g/mol. The summed E-state index contributed by atoms with van der Waals surface area (Å²) in [6.07, 6.45) is -3.36. The van der Waals surface area contributed by atoms with Crippen molar-refractivity contribution in [2.45, 2.75) is 50.1 Å². The lowest BCUT2D eigenvalue weighted by atomic mass is 10.2. The minimum Gasteiger partial charge on any atom is -0.484 e. The molecule has 0 fully saturated rings. The van der Waals surface area contributed by atoms with Crippen molar-refractivity contribution >= 4 is 27.5 Å². The van der Waals surface area contributed by atoms with E-state index in [1.165, 1.54) is 35.4 Å². The SMILES string of the molecule is CC(C)(C)OC(=O)Nc1ccc2c(c1)N(S(=O)(=O)c1cccc(C(F)(F)F)c1)C[C@H](Cn1nccn1)O2. The standard InChI is InChI=1S/C23H24F3N5O5S/c1-22(2,3)36-21(32)29-16-7-8-20-19(12-16)30(13-17(35-20)14-31-27-9-10-28-31)37(33,34)18-6-4-5-15(11-18)23(24,25)26/h4-12,17H,13-14H2,1-3H3,(H,29,32)/t17-/m1/s1. The number of hydrogen-bond acceptors (Lipinski definition) is 7. The van der Waals surface area contributed by atoms with Gasteiger partial charge in [0.15, 0.2) is 0 Å². The van der Waals surface area contributed by atoms with E-state index < -0.39 is 44.5 Å². The van der Waals surface area contributed by atoms with Crippen LogP contribution in [0.25, 0.3) is 0 Å². The molecule has 4 rings (SSSR count). The van der Waals surface area contributed by atoms with Gasteiger partial charge in [0.2, 0.25) is 0 Å². The Bertz CT molecular complexity index is 1390. The van der Waals surface area contributed by atoms with Crippen molar-refractivity contribution in [1.29, 1.82) is 0 Å². The normalized spacial score (nSPS) is 16.1. The lowest BCUT2D eigenvalue weighted by Crippen LogP contribution is -2.45. The van der Waals surface area contributed by atoms with Crippen molar-refractivity contribution in [3.05, 3.63) is 60.4 Å². The zero-order valence-electron chi connectivity index (χ0n) is 20.1. The van der Waals surface area contributed by atoms with Crippen LogP contribution < -0.4 is 14.4 Å². The van der Waals surface area contributed by atoms with Crippen LogP contribution in [0.5, 0.6) is 5.75 Å². The van der Waals surface area contributed by atoms with Gasteiger partial charge in [-0.05, 0) is 57.2 Å². The number of nitrogens with zero attached hydrogens (tertiary/aromatic N) is 4. The number of carbonyl (C=O) groups excluding carboxylic acids is 1. The van der Waals surface area contributed by atoms with Crippen LogP contribution >= 0.6 is 0 Å². The van der Waals surface area contributed by atoms with Crippen LogP contribution in [0.3, 0.4) is 0 Å². The molecule has 198 valence electrons. The second kappa shape index (κ2) is 9.57. The predicted octanol–water partition coefficient (Wildman–Crippen LogP) is 4.30. The van der Waals surface area contributed by atoms with E-state index in [2.05, 4.69) is 15.5 Å². The maximum absolute atomic E-state index is 13.7. The highest BCUT2D eigenvalue weighted by Crippen LogP contribution is 2.40.